The lowest BCUT2D eigenvalue weighted by atomic mass is 9.94. The van der Waals surface area contributed by atoms with E-state index in [1.165, 1.54) is 24.1 Å². The first-order valence-corrected chi connectivity index (χ1v) is 7.60. The highest BCUT2D eigenvalue weighted by Gasteiger charge is 2.17. The number of nitrogens with zero attached hydrogens (tertiary/aromatic N) is 1. The van der Waals surface area contributed by atoms with Crippen molar-refractivity contribution in [3.8, 4) is 0 Å². The van der Waals surface area contributed by atoms with Gasteiger partial charge in [-0.1, -0.05) is 13.8 Å². The molecule has 4 nitrogen and oxygen atoms in total. The summed E-state index contributed by atoms with van der Waals surface area (Å²) >= 11 is 0. The second-order valence-corrected chi connectivity index (χ2v) is 5.83. The molecule has 1 aromatic heterocycles. The van der Waals surface area contributed by atoms with E-state index >= 15 is 0 Å². The van der Waals surface area contributed by atoms with Gasteiger partial charge in [-0.3, -0.25) is 4.79 Å². The summed E-state index contributed by atoms with van der Waals surface area (Å²) in [4.78, 5) is 12.6. The molecule has 0 saturated heterocycles. The van der Waals surface area contributed by atoms with Crippen LogP contribution in [0.2, 0.25) is 0 Å². The summed E-state index contributed by atoms with van der Waals surface area (Å²) in [6, 6.07) is 2.51. The smallest absolute Gasteiger partial charge is 0.255 e. The summed E-state index contributed by atoms with van der Waals surface area (Å²) in [5, 5.41) is 3.35. The molecule has 0 amide bonds. The highest BCUT2D eigenvalue weighted by Crippen LogP contribution is 2.20. The Balaban J connectivity index is 2.35. The van der Waals surface area contributed by atoms with Crippen LogP contribution in [0.3, 0.4) is 0 Å². The van der Waals surface area contributed by atoms with E-state index < -0.39 is 0 Å². The summed E-state index contributed by atoms with van der Waals surface area (Å²) in [6.45, 7) is 6.10. The number of aromatic nitrogens is 1. The highest BCUT2D eigenvalue weighted by atomic mass is 16.5. The van der Waals surface area contributed by atoms with E-state index in [-0.39, 0.29) is 5.56 Å². The second-order valence-electron chi connectivity index (χ2n) is 5.83. The first-order valence-electron chi connectivity index (χ1n) is 7.60. The van der Waals surface area contributed by atoms with E-state index in [1.807, 2.05) is 4.57 Å². The Morgan fingerprint density at radius 2 is 2.10 bits per heavy atom. The van der Waals surface area contributed by atoms with Gasteiger partial charge in [-0.2, -0.15) is 0 Å². The van der Waals surface area contributed by atoms with E-state index in [0.717, 1.165) is 18.4 Å². The zero-order valence-electron chi connectivity index (χ0n) is 12.9. The van der Waals surface area contributed by atoms with Gasteiger partial charge in [0, 0.05) is 37.5 Å². The quantitative estimate of drug-likeness (QED) is 0.864. The van der Waals surface area contributed by atoms with Crippen LogP contribution in [0.25, 0.3) is 0 Å². The number of nitrogens with one attached hydrogen (secondary N) is 1. The molecule has 0 saturated carbocycles. The molecule has 0 radical (unpaired) electrons. The molecule has 1 heterocycles. The minimum Gasteiger partial charge on any atom is -0.383 e. The van der Waals surface area contributed by atoms with Crippen LogP contribution in [0.5, 0.6) is 0 Å². The molecule has 1 aliphatic rings. The highest BCUT2D eigenvalue weighted by molar-refractivity contribution is 5.29. The number of fused-ring (bicyclic) bond motifs is 1. The fourth-order valence-corrected chi connectivity index (χ4v) is 2.80. The van der Waals surface area contributed by atoms with Gasteiger partial charge in [-0.05, 0) is 37.3 Å². The molecule has 0 bridgehead atoms. The molecule has 1 aliphatic carbocycles. The summed E-state index contributed by atoms with van der Waals surface area (Å²) < 4.78 is 7.09. The van der Waals surface area contributed by atoms with Gasteiger partial charge in [-0.25, -0.2) is 0 Å². The fraction of sp³-hybridized carbons (Fsp3) is 0.688. The summed E-state index contributed by atoms with van der Waals surface area (Å²) in [7, 11) is 1.68. The van der Waals surface area contributed by atoms with Crippen LogP contribution in [0.15, 0.2) is 10.9 Å². The maximum absolute atomic E-state index is 12.6. The lowest BCUT2D eigenvalue weighted by molar-refractivity contribution is 0.184. The van der Waals surface area contributed by atoms with Crippen molar-refractivity contribution in [2.24, 2.45) is 0 Å². The fourth-order valence-electron chi connectivity index (χ4n) is 2.80. The predicted octanol–water partition coefficient (Wildman–Crippen LogP) is 1.87. The van der Waals surface area contributed by atoms with E-state index in [2.05, 4.69) is 25.2 Å². The Morgan fingerprint density at radius 1 is 1.35 bits per heavy atom. The Labute approximate surface area is 121 Å². The molecule has 1 N–H and O–H groups in total. The van der Waals surface area contributed by atoms with Gasteiger partial charge in [0.15, 0.2) is 0 Å². The van der Waals surface area contributed by atoms with E-state index in [9.17, 15) is 4.79 Å². The van der Waals surface area contributed by atoms with Crippen molar-refractivity contribution >= 4 is 0 Å². The monoisotopic (exact) mass is 278 g/mol. The minimum atomic E-state index is 0.149. The summed E-state index contributed by atoms with van der Waals surface area (Å²) in [5.41, 5.74) is 3.62. The normalized spacial score (nSPS) is 14.6. The summed E-state index contributed by atoms with van der Waals surface area (Å²) in [6.07, 6.45) is 4.53. The average Bonchev–Trinajstić information content (AvgIpc) is 2.44. The Morgan fingerprint density at radius 3 is 2.80 bits per heavy atom. The van der Waals surface area contributed by atoms with Crippen LogP contribution in [0.1, 0.15) is 43.5 Å². The van der Waals surface area contributed by atoms with Crippen molar-refractivity contribution in [1.29, 1.82) is 0 Å². The second kappa shape index (κ2) is 7.04. The van der Waals surface area contributed by atoms with E-state index in [0.29, 0.717) is 25.7 Å². The van der Waals surface area contributed by atoms with E-state index in [1.54, 1.807) is 7.11 Å². The molecule has 0 unspecified atom stereocenters. The van der Waals surface area contributed by atoms with Gasteiger partial charge in [0.25, 0.3) is 5.56 Å². The van der Waals surface area contributed by atoms with Crippen LogP contribution in [0.4, 0.5) is 0 Å². The van der Waals surface area contributed by atoms with Gasteiger partial charge in [0.1, 0.15) is 0 Å². The number of ether oxygens (including phenoxy) is 1. The average molecular weight is 278 g/mol. The van der Waals surface area contributed by atoms with Gasteiger partial charge in [0.2, 0.25) is 0 Å². The van der Waals surface area contributed by atoms with Crippen molar-refractivity contribution < 1.29 is 4.74 Å². The summed E-state index contributed by atoms with van der Waals surface area (Å²) in [5.74, 6) is 0. The molecular weight excluding hydrogens is 252 g/mol. The number of hydrogen-bond acceptors (Lipinski definition) is 3. The third kappa shape index (κ3) is 3.49. The molecule has 0 aromatic carbocycles. The first kappa shape index (κ1) is 15.3. The molecule has 112 valence electrons. The first-order chi connectivity index (χ1) is 9.63. The SMILES string of the molecule is COCCn1c2c(cc(CNC(C)C)c1=O)CCCC2. The van der Waals surface area contributed by atoms with Gasteiger partial charge in [0.05, 0.1) is 6.61 Å². The van der Waals surface area contributed by atoms with Crippen LogP contribution in [0, 0.1) is 0 Å². The maximum atomic E-state index is 12.6. The Kier molecular flexibility index (Phi) is 5.38. The number of aryl methyl sites for hydroxylation is 1. The predicted molar refractivity (Wildman–Crippen MR) is 81.2 cm³/mol. The van der Waals surface area contributed by atoms with Crippen LogP contribution in [-0.4, -0.2) is 24.3 Å². The zero-order chi connectivity index (χ0) is 14.5. The van der Waals surface area contributed by atoms with Crippen molar-refractivity contribution in [2.75, 3.05) is 13.7 Å². The van der Waals surface area contributed by atoms with Crippen LogP contribution < -0.4 is 10.9 Å². The van der Waals surface area contributed by atoms with Crippen molar-refractivity contribution in [2.45, 2.75) is 58.7 Å². The molecule has 0 spiro atoms. The van der Waals surface area contributed by atoms with Crippen molar-refractivity contribution in [3.05, 3.63) is 33.2 Å². The molecule has 0 fully saturated rings. The molecule has 4 heteroatoms. The Bertz CT molecular complexity index is 506. The largest absolute Gasteiger partial charge is 0.383 e. The standard InChI is InChI=1S/C16H26N2O2/c1-12(2)17-11-14-10-13-6-4-5-7-15(13)18(16(14)19)8-9-20-3/h10,12,17H,4-9,11H2,1-3H3. The number of methoxy groups -OCH3 is 1. The van der Waals surface area contributed by atoms with Gasteiger partial charge < -0.3 is 14.6 Å². The molecule has 0 atom stereocenters. The lowest BCUT2D eigenvalue weighted by Gasteiger charge is -2.22. The van der Waals surface area contributed by atoms with Crippen LogP contribution >= 0.6 is 0 Å². The van der Waals surface area contributed by atoms with Gasteiger partial charge >= 0.3 is 0 Å². The molecule has 1 aromatic rings. The van der Waals surface area contributed by atoms with E-state index in [4.69, 9.17) is 4.74 Å². The minimum absolute atomic E-state index is 0.149. The van der Waals surface area contributed by atoms with Gasteiger partial charge in [-0.15, -0.1) is 0 Å². The van der Waals surface area contributed by atoms with Crippen LogP contribution in [-0.2, 0) is 30.7 Å². The number of rotatable bonds is 6. The Hall–Kier alpha value is -1.13. The maximum Gasteiger partial charge on any atom is 0.255 e. The zero-order valence-corrected chi connectivity index (χ0v) is 12.9. The third-order valence-corrected chi connectivity index (χ3v) is 3.89. The van der Waals surface area contributed by atoms with Crippen molar-refractivity contribution in [1.82, 2.24) is 9.88 Å². The third-order valence-electron chi connectivity index (χ3n) is 3.89. The molecule has 0 aliphatic heterocycles. The molecular formula is C16H26N2O2. The lowest BCUT2D eigenvalue weighted by Crippen LogP contribution is -2.34. The topological polar surface area (TPSA) is 43.3 Å². The van der Waals surface area contributed by atoms with Crippen molar-refractivity contribution in [3.63, 3.8) is 0 Å². The number of hydrogen-bond donors (Lipinski definition) is 1. The molecule has 20 heavy (non-hydrogen) atoms. The molecule has 2 rings (SSSR count). The number of pyridine rings is 1.